The highest BCUT2D eigenvalue weighted by atomic mass is 32.2. The van der Waals surface area contributed by atoms with Crippen LogP contribution in [0.2, 0.25) is 0 Å². The number of phenols is 4. The second-order valence-electron chi connectivity index (χ2n) is 10.7. The summed E-state index contributed by atoms with van der Waals surface area (Å²) in [6, 6.07) is 37.2. The first-order valence-electron chi connectivity index (χ1n) is 14.7. The summed E-state index contributed by atoms with van der Waals surface area (Å²) in [6.45, 7) is 0.210. The largest absolute Gasteiger partial charge is 0.504 e. The van der Waals surface area contributed by atoms with Crippen LogP contribution in [0.1, 0.15) is 32.6 Å². The topological polar surface area (TPSA) is 139 Å². The second kappa shape index (κ2) is 14.6. The third-order valence-corrected chi connectivity index (χ3v) is 9.26. The van der Waals surface area contributed by atoms with Crippen LogP contribution in [0.3, 0.4) is 0 Å². The molecule has 0 unspecified atom stereocenters. The van der Waals surface area contributed by atoms with E-state index in [4.69, 9.17) is 0 Å². The number of phenolic OH excluding ortho intramolecular Hbond substituents is 4. The minimum Gasteiger partial charge on any atom is -0.504 e. The van der Waals surface area contributed by atoms with Gasteiger partial charge in [0.05, 0.1) is 4.75 Å². The fourth-order valence-corrected chi connectivity index (χ4v) is 6.80. The molecule has 0 aliphatic heterocycles. The molecule has 9 heteroatoms. The molecular formula is C37H34N2O6S. The fourth-order valence-electron chi connectivity index (χ4n) is 5.24. The summed E-state index contributed by atoms with van der Waals surface area (Å²) < 4.78 is -0.743. The van der Waals surface area contributed by atoms with Gasteiger partial charge >= 0.3 is 0 Å². The summed E-state index contributed by atoms with van der Waals surface area (Å²) in [5.41, 5.74) is 3.79. The van der Waals surface area contributed by atoms with E-state index >= 15 is 0 Å². The predicted molar refractivity (Wildman–Crippen MR) is 179 cm³/mol. The molecule has 1 atom stereocenters. The van der Waals surface area contributed by atoms with Crippen LogP contribution in [0.5, 0.6) is 23.0 Å². The summed E-state index contributed by atoms with van der Waals surface area (Å²) in [7, 11) is 0. The Kier molecular flexibility index (Phi) is 10.1. The molecule has 8 nitrogen and oxygen atoms in total. The maximum Gasteiger partial charge on any atom is 0.252 e. The zero-order valence-electron chi connectivity index (χ0n) is 24.8. The molecule has 0 aliphatic rings. The zero-order valence-corrected chi connectivity index (χ0v) is 25.7. The van der Waals surface area contributed by atoms with E-state index in [1.165, 1.54) is 36.0 Å². The van der Waals surface area contributed by atoms with Crippen molar-refractivity contribution >= 4 is 23.6 Å². The van der Waals surface area contributed by atoms with Gasteiger partial charge in [-0.15, -0.1) is 11.8 Å². The van der Waals surface area contributed by atoms with Crippen LogP contribution in [0.15, 0.2) is 127 Å². The number of carbonyl (C=O) groups excluding carboxylic acids is 2. The molecule has 0 bridgehead atoms. The summed E-state index contributed by atoms with van der Waals surface area (Å²) in [4.78, 5) is 27.1. The van der Waals surface area contributed by atoms with Gasteiger partial charge in [-0.05, 0) is 59.0 Å². The van der Waals surface area contributed by atoms with E-state index in [1.54, 1.807) is 6.07 Å². The molecule has 0 fully saturated rings. The van der Waals surface area contributed by atoms with Gasteiger partial charge in [0.2, 0.25) is 5.91 Å². The van der Waals surface area contributed by atoms with Crippen molar-refractivity contribution in [3.63, 3.8) is 0 Å². The standard InChI is InChI=1S/C37H34N2O6S/c40-31-18-16-25(22-33(31)42)20-21-38-36(45)30(39-35(44)26-17-19-32(41)34(43)23-26)24-46-37(27-10-4-1-5-11-27,28-12-6-2-7-13-28)29-14-8-3-9-15-29/h1-19,22-23,30,40-43H,20-21,24H2,(H,38,45)(H,39,44)/t30-/m0/s1. The molecule has 5 aromatic rings. The lowest BCUT2D eigenvalue weighted by atomic mass is 9.84. The second-order valence-corrected chi connectivity index (χ2v) is 11.9. The van der Waals surface area contributed by atoms with Crippen LogP contribution in [0.25, 0.3) is 0 Å². The van der Waals surface area contributed by atoms with Crippen molar-refractivity contribution in [1.82, 2.24) is 10.6 Å². The van der Waals surface area contributed by atoms with E-state index < -0.39 is 28.4 Å². The summed E-state index contributed by atoms with van der Waals surface area (Å²) >= 11 is 1.52. The Balaban J connectivity index is 1.47. The molecule has 6 N–H and O–H groups in total. The van der Waals surface area contributed by atoms with Gasteiger partial charge in [-0.25, -0.2) is 0 Å². The molecule has 0 saturated heterocycles. The Morgan fingerprint density at radius 1 is 0.630 bits per heavy atom. The van der Waals surface area contributed by atoms with Crippen LogP contribution in [0, 0.1) is 0 Å². The summed E-state index contributed by atoms with van der Waals surface area (Å²) in [5, 5.41) is 44.9. The van der Waals surface area contributed by atoms with E-state index in [1.807, 2.05) is 91.0 Å². The monoisotopic (exact) mass is 634 g/mol. The van der Waals surface area contributed by atoms with Gasteiger partial charge < -0.3 is 31.1 Å². The highest BCUT2D eigenvalue weighted by Gasteiger charge is 2.38. The first-order chi connectivity index (χ1) is 22.3. The van der Waals surface area contributed by atoms with Gasteiger partial charge in [0.25, 0.3) is 5.91 Å². The first kappa shape index (κ1) is 32.0. The average molecular weight is 635 g/mol. The number of rotatable bonds is 12. The molecule has 0 saturated carbocycles. The van der Waals surface area contributed by atoms with Gasteiger partial charge in [0.1, 0.15) is 6.04 Å². The zero-order chi connectivity index (χ0) is 32.5. The Morgan fingerprint density at radius 3 is 1.63 bits per heavy atom. The van der Waals surface area contributed by atoms with Gasteiger partial charge in [-0.2, -0.15) is 0 Å². The lowest BCUT2D eigenvalue weighted by Gasteiger charge is -2.36. The number of nitrogens with one attached hydrogen (secondary N) is 2. The van der Waals surface area contributed by atoms with Crippen molar-refractivity contribution in [3.8, 4) is 23.0 Å². The van der Waals surface area contributed by atoms with Crippen LogP contribution in [-0.4, -0.2) is 50.6 Å². The molecule has 0 aliphatic carbocycles. The summed E-state index contributed by atoms with van der Waals surface area (Å²) in [6.07, 6.45) is 0.376. The van der Waals surface area contributed by atoms with Crippen molar-refractivity contribution < 1.29 is 30.0 Å². The van der Waals surface area contributed by atoms with Gasteiger partial charge in [-0.3, -0.25) is 9.59 Å². The minimum absolute atomic E-state index is 0.0816. The molecule has 5 rings (SSSR count). The molecule has 0 aromatic heterocycles. The maximum absolute atomic E-state index is 13.8. The minimum atomic E-state index is -1.00. The number of hydrogen-bond donors (Lipinski definition) is 6. The molecule has 2 amide bonds. The van der Waals surface area contributed by atoms with Crippen molar-refractivity contribution in [2.45, 2.75) is 17.2 Å². The lowest BCUT2D eigenvalue weighted by Crippen LogP contribution is -2.49. The fraction of sp³-hybridized carbons (Fsp3) is 0.135. The Hall–Kier alpha value is -5.41. The third-order valence-electron chi connectivity index (χ3n) is 7.62. The molecule has 0 spiro atoms. The summed E-state index contributed by atoms with van der Waals surface area (Å²) in [5.74, 6) is -2.14. The van der Waals surface area contributed by atoms with Gasteiger partial charge in [0.15, 0.2) is 23.0 Å². The molecule has 0 heterocycles. The van der Waals surface area contributed by atoms with Crippen LogP contribution in [0.4, 0.5) is 0 Å². The van der Waals surface area contributed by atoms with E-state index in [-0.39, 0.29) is 35.1 Å². The Labute approximate surface area is 271 Å². The number of amides is 2. The van der Waals surface area contributed by atoms with E-state index in [0.717, 1.165) is 22.8 Å². The quantitative estimate of drug-likeness (QED) is 0.0766. The molecular weight excluding hydrogens is 600 g/mol. The number of thioether (sulfide) groups is 1. The number of carbonyl (C=O) groups is 2. The molecule has 5 aromatic carbocycles. The van der Waals surface area contributed by atoms with Crippen molar-refractivity contribution in [3.05, 3.63) is 155 Å². The molecule has 234 valence electrons. The van der Waals surface area contributed by atoms with E-state index in [2.05, 4.69) is 10.6 Å². The van der Waals surface area contributed by atoms with Crippen LogP contribution < -0.4 is 10.6 Å². The smallest absolute Gasteiger partial charge is 0.252 e. The average Bonchev–Trinajstić information content (AvgIpc) is 3.08. The maximum atomic E-state index is 13.8. The Morgan fingerprint density at radius 2 is 1.13 bits per heavy atom. The Bertz CT molecular complexity index is 1690. The molecule has 46 heavy (non-hydrogen) atoms. The van der Waals surface area contributed by atoms with Crippen molar-refractivity contribution in [1.29, 1.82) is 0 Å². The predicted octanol–water partition coefficient (Wildman–Crippen LogP) is 5.69. The van der Waals surface area contributed by atoms with E-state index in [9.17, 15) is 30.0 Å². The van der Waals surface area contributed by atoms with Crippen LogP contribution in [-0.2, 0) is 16.0 Å². The van der Waals surface area contributed by atoms with Crippen LogP contribution >= 0.6 is 11.8 Å². The third kappa shape index (κ3) is 7.27. The van der Waals surface area contributed by atoms with E-state index in [0.29, 0.717) is 12.0 Å². The van der Waals surface area contributed by atoms with Gasteiger partial charge in [0, 0.05) is 17.9 Å². The lowest BCUT2D eigenvalue weighted by molar-refractivity contribution is -0.122. The number of aromatic hydroxyl groups is 4. The normalized spacial score (nSPS) is 11.8. The van der Waals surface area contributed by atoms with Gasteiger partial charge in [-0.1, -0.05) is 97.1 Å². The number of benzene rings is 5. The van der Waals surface area contributed by atoms with Crippen molar-refractivity contribution in [2.75, 3.05) is 12.3 Å². The molecule has 0 radical (unpaired) electrons. The first-order valence-corrected chi connectivity index (χ1v) is 15.7. The highest BCUT2D eigenvalue weighted by molar-refractivity contribution is 8.00. The van der Waals surface area contributed by atoms with Crippen molar-refractivity contribution in [2.24, 2.45) is 0 Å². The highest BCUT2D eigenvalue weighted by Crippen LogP contribution is 2.48. The SMILES string of the molecule is O=C(N[C@@H](CSC(c1ccccc1)(c1ccccc1)c1ccccc1)C(=O)NCCc1ccc(O)c(O)c1)c1ccc(O)c(O)c1. The number of hydrogen-bond acceptors (Lipinski definition) is 7.